The molecule has 0 aromatic heterocycles. The second-order valence-corrected chi connectivity index (χ2v) is 8.73. The third-order valence-electron chi connectivity index (χ3n) is 5.50. The van der Waals surface area contributed by atoms with Crippen molar-refractivity contribution in [3.63, 3.8) is 0 Å². The van der Waals surface area contributed by atoms with E-state index < -0.39 is 0 Å². The molecule has 1 atom stereocenters. The smallest absolute Gasteiger partial charge is 0.310 e. The van der Waals surface area contributed by atoms with Gasteiger partial charge in [-0.2, -0.15) is 0 Å². The third kappa shape index (κ3) is 6.91. The van der Waals surface area contributed by atoms with Crippen molar-refractivity contribution in [2.24, 2.45) is 5.92 Å². The number of hydrogen-bond donors (Lipinski definition) is 3. The van der Waals surface area contributed by atoms with Crippen LogP contribution in [0, 0.1) is 5.92 Å². The van der Waals surface area contributed by atoms with Crippen LogP contribution >= 0.6 is 23.2 Å². The number of hydrogen-bond acceptors (Lipinski definition) is 2. The van der Waals surface area contributed by atoms with Gasteiger partial charge in [0.15, 0.2) is 0 Å². The molecule has 156 valence electrons. The summed E-state index contributed by atoms with van der Waals surface area (Å²) in [4.78, 5) is 12.4. The first-order valence-electron chi connectivity index (χ1n) is 10.4. The van der Waals surface area contributed by atoms with Gasteiger partial charge in [-0.25, -0.2) is 4.79 Å². The van der Waals surface area contributed by atoms with Gasteiger partial charge in [0, 0.05) is 23.3 Å². The number of para-hydroxylation sites is 1. The van der Waals surface area contributed by atoms with Crippen LogP contribution in [0.15, 0.2) is 42.5 Å². The van der Waals surface area contributed by atoms with Gasteiger partial charge in [0.2, 0.25) is 0 Å². The van der Waals surface area contributed by atoms with Crippen molar-refractivity contribution < 1.29 is 4.79 Å². The molecule has 1 aliphatic carbocycles. The molecule has 2 aromatic rings. The van der Waals surface area contributed by atoms with Crippen molar-refractivity contribution in [2.45, 2.75) is 58.0 Å². The zero-order chi connectivity index (χ0) is 20.6. The van der Waals surface area contributed by atoms with Crippen molar-refractivity contribution in [1.29, 1.82) is 0 Å². The maximum absolute atomic E-state index is 12.4. The van der Waals surface area contributed by atoms with Gasteiger partial charge in [-0.05, 0) is 49.1 Å². The van der Waals surface area contributed by atoms with Crippen molar-refractivity contribution in [3.8, 4) is 0 Å². The Balaban J connectivity index is 1.54. The fourth-order valence-electron chi connectivity index (χ4n) is 3.95. The SMILES string of the molecule is CC(CC1CCCCC1)NCc1ccccc1NC(=O)Nc1ccc(Cl)cc1Cl. The van der Waals surface area contributed by atoms with Gasteiger partial charge in [0.25, 0.3) is 0 Å². The summed E-state index contributed by atoms with van der Waals surface area (Å²) in [7, 11) is 0. The van der Waals surface area contributed by atoms with E-state index in [1.807, 2.05) is 24.3 Å². The number of carbonyl (C=O) groups is 1. The Labute approximate surface area is 183 Å². The Kier molecular flexibility index (Phi) is 8.22. The molecule has 29 heavy (non-hydrogen) atoms. The topological polar surface area (TPSA) is 53.2 Å². The van der Waals surface area contributed by atoms with E-state index in [2.05, 4.69) is 22.9 Å². The van der Waals surface area contributed by atoms with Crippen molar-refractivity contribution >= 4 is 40.6 Å². The van der Waals surface area contributed by atoms with Gasteiger partial charge in [0.1, 0.15) is 0 Å². The Hall–Kier alpha value is -1.75. The molecule has 0 spiro atoms. The molecule has 1 saturated carbocycles. The highest BCUT2D eigenvalue weighted by Crippen LogP contribution is 2.28. The number of benzene rings is 2. The van der Waals surface area contributed by atoms with E-state index in [-0.39, 0.29) is 6.03 Å². The summed E-state index contributed by atoms with van der Waals surface area (Å²) in [5.74, 6) is 0.842. The van der Waals surface area contributed by atoms with Crippen LogP contribution in [-0.4, -0.2) is 12.1 Å². The van der Waals surface area contributed by atoms with Crippen LogP contribution in [-0.2, 0) is 6.54 Å². The molecule has 1 fully saturated rings. The van der Waals surface area contributed by atoms with Gasteiger partial charge in [-0.3, -0.25) is 0 Å². The maximum atomic E-state index is 12.4. The van der Waals surface area contributed by atoms with E-state index in [1.54, 1.807) is 18.2 Å². The van der Waals surface area contributed by atoms with Crippen LogP contribution in [0.4, 0.5) is 16.2 Å². The molecule has 1 aliphatic rings. The fraction of sp³-hybridized carbons (Fsp3) is 0.435. The fourth-order valence-corrected chi connectivity index (χ4v) is 4.41. The largest absolute Gasteiger partial charge is 0.323 e. The number of anilines is 2. The molecule has 4 nitrogen and oxygen atoms in total. The Morgan fingerprint density at radius 1 is 1.03 bits per heavy atom. The predicted octanol–water partition coefficient (Wildman–Crippen LogP) is 7.09. The van der Waals surface area contributed by atoms with E-state index in [0.717, 1.165) is 17.2 Å². The first-order chi connectivity index (χ1) is 14.0. The van der Waals surface area contributed by atoms with Crippen LogP contribution in [0.5, 0.6) is 0 Å². The van der Waals surface area contributed by atoms with Crippen molar-refractivity contribution in [2.75, 3.05) is 10.6 Å². The van der Waals surface area contributed by atoms with Gasteiger partial charge < -0.3 is 16.0 Å². The number of halogens is 2. The first kappa shape index (κ1) is 21.9. The Morgan fingerprint density at radius 2 is 1.76 bits per heavy atom. The summed E-state index contributed by atoms with van der Waals surface area (Å²) < 4.78 is 0. The van der Waals surface area contributed by atoms with Crippen LogP contribution < -0.4 is 16.0 Å². The average Bonchev–Trinajstić information content (AvgIpc) is 2.70. The predicted molar refractivity (Wildman–Crippen MR) is 123 cm³/mol. The zero-order valence-electron chi connectivity index (χ0n) is 16.8. The lowest BCUT2D eigenvalue weighted by Gasteiger charge is -2.25. The lowest BCUT2D eigenvalue weighted by Crippen LogP contribution is -2.29. The Bertz CT molecular complexity index is 822. The summed E-state index contributed by atoms with van der Waals surface area (Å²) in [6.07, 6.45) is 8.06. The normalized spacial score (nSPS) is 15.7. The van der Waals surface area contributed by atoms with Crippen molar-refractivity contribution in [3.05, 3.63) is 58.1 Å². The Morgan fingerprint density at radius 3 is 2.52 bits per heavy atom. The molecule has 0 saturated heterocycles. The molecular formula is C23H29Cl2N3O. The van der Waals surface area contributed by atoms with E-state index in [1.165, 1.54) is 38.5 Å². The molecule has 3 N–H and O–H groups in total. The van der Waals surface area contributed by atoms with E-state index in [4.69, 9.17) is 23.2 Å². The summed E-state index contributed by atoms with van der Waals surface area (Å²) in [5, 5.41) is 10.2. The monoisotopic (exact) mass is 433 g/mol. The molecule has 0 radical (unpaired) electrons. The quantitative estimate of drug-likeness (QED) is 0.436. The number of nitrogens with one attached hydrogen (secondary N) is 3. The van der Waals surface area contributed by atoms with Gasteiger partial charge in [0.05, 0.1) is 10.7 Å². The number of carbonyl (C=O) groups excluding carboxylic acids is 1. The van der Waals surface area contributed by atoms with Crippen LogP contribution in [0.1, 0.15) is 51.0 Å². The number of rotatable bonds is 7. The number of urea groups is 1. The molecule has 1 unspecified atom stereocenters. The molecule has 3 rings (SSSR count). The van der Waals surface area contributed by atoms with Gasteiger partial charge in [-0.1, -0.05) is 73.5 Å². The standard InChI is InChI=1S/C23H29Cl2N3O/c1-16(13-17-7-3-2-4-8-17)26-15-18-9-5-6-10-21(18)27-23(29)28-22-12-11-19(24)14-20(22)25/h5-6,9-12,14,16-17,26H,2-4,7-8,13,15H2,1H3,(H2,27,28,29). The minimum Gasteiger partial charge on any atom is -0.310 e. The van der Waals surface area contributed by atoms with Crippen molar-refractivity contribution in [1.82, 2.24) is 5.32 Å². The third-order valence-corrected chi connectivity index (χ3v) is 6.05. The molecule has 6 heteroatoms. The minimum absolute atomic E-state index is 0.336. The van der Waals surface area contributed by atoms with Crippen LogP contribution in [0.3, 0.4) is 0 Å². The highest BCUT2D eigenvalue weighted by atomic mass is 35.5. The lowest BCUT2D eigenvalue weighted by molar-refractivity contribution is 0.262. The first-order valence-corrected chi connectivity index (χ1v) is 11.1. The van der Waals surface area contributed by atoms with Crippen LogP contribution in [0.2, 0.25) is 10.0 Å². The molecule has 2 amide bonds. The van der Waals surface area contributed by atoms with E-state index >= 15 is 0 Å². The molecule has 2 aromatic carbocycles. The van der Waals surface area contributed by atoms with E-state index in [0.29, 0.717) is 28.3 Å². The van der Waals surface area contributed by atoms with Gasteiger partial charge in [-0.15, -0.1) is 0 Å². The summed E-state index contributed by atoms with van der Waals surface area (Å²) in [6, 6.07) is 12.9. The number of amides is 2. The molecule has 0 aliphatic heterocycles. The molecule has 0 bridgehead atoms. The van der Waals surface area contributed by atoms with E-state index in [9.17, 15) is 4.79 Å². The van der Waals surface area contributed by atoms with Gasteiger partial charge >= 0.3 is 6.03 Å². The zero-order valence-corrected chi connectivity index (χ0v) is 18.3. The minimum atomic E-state index is -0.336. The highest BCUT2D eigenvalue weighted by Gasteiger charge is 2.16. The lowest BCUT2D eigenvalue weighted by atomic mass is 9.85. The summed E-state index contributed by atoms with van der Waals surface area (Å²) in [5.41, 5.74) is 2.36. The van der Waals surface area contributed by atoms with Crippen LogP contribution in [0.25, 0.3) is 0 Å². The second kappa shape index (κ2) is 10.9. The highest BCUT2D eigenvalue weighted by molar-refractivity contribution is 6.36. The second-order valence-electron chi connectivity index (χ2n) is 7.88. The average molecular weight is 434 g/mol. The molecular weight excluding hydrogens is 405 g/mol. The maximum Gasteiger partial charge on any atom is 0.323 e. The summed E-state index contributed by atoms with van der Waals surface area (Å²) >= 11 is 12.0. The summed E-state index contributed by atoms with van der Waals surface area (Å²) in [6.45, 7) is 2.96. The molecule has 0 heterocycles.